The normalized spacial score (nSPS) is 20.6. The van der Waals surface area contributed by atoms with E-state index in [-0.39, 0.29) is 17.8 Å². The molecule has 4 rings (SSSR count). The van der Waals surface area contributed by atoms with Gasteiger partial charge in [0.2, 0.25) is 5.91 Å². The second kappa shape index (κ2) is 10.3. The fourth-order valence-electron chi connectivity index (χ4n) is 4.82. The summed E-state index contributed by atoms with van der Waals surface area (Å²) in [7, 11) is 0. The van der Waals surface area contributed by atoms with E-state index in [1.54, 1.807) is 6.07 Å². The number of carbonyl (C=O) groups is 1. The van der Waals surface area contributed by atoms with E-state index in [1.165, 1.54) is 43.6 Å². The Morgan fingerprint density at radius 2 is 1.77 bits per heavy atom. The van der Waals surface area contributed by atoms with Crippen molar-refractivity contribution in [2.75, 3.05) is 31.5 Å². The quantitative estimate of drug-likeness (QED) is 0.731. The summed E-state index contributed by atoms with van der Waals surface area (Å²) in [5, 5.41) is 3.39. The lowest BCUT2D eigenvalue weighted by atomic mass is 9.99. The molecule has 1 amide bonds. The maximum absolute atomic E-state index is 13.4. The average molecular weight is 424 g/mol. The number of nitrogens with one attached hydrogen (secondary N) is 1. The summed E-state index contributed by atoms with van der Waals surface area (Å²) in [5.41, 5.74) is 3.22. The summed E-state index contributed by atoms with van der Waals surface area (Å²) in [4.78, 5) is 17.3. The van der Waals surface area contributed by atoms with Gasteiger partial charge in [0.15, 0.2) is 0 Å². The van der Waals surface area contributed by atoms with Crippen LogP contribution >= 0.6 is 0 Å². The summed E-state index contributed by atoms with van der Waals surface area (Å²) in [6.45, 7) is 7.21. The van der Waals surface area contributed by atoms with Crippen LogP contribution in [0.5, 0.6) is 0 Å². The van der Waals surface area contributed by atoms with E-state index < -0.39 is 0 Å². The maximum Gasteiger partial charge on any atom is 0.226 e. The van der Waals surface area contributed by atoms with E-state index in [1.807, 2.05) is 11.0 Å². The molecule has 2 heterocycles. The highest BCUT2D eigenvalue weighted by Gasteiger charge is 2.23. The predicted molar refractivity (Wildman–Crippen MR) is 123 cm³/mol. The van der Waals surface area contributed by atoms with E-state index in [2.05, 4.69) is 41.4 Å². The monoisotopic (exact) mass is 423 g/mol. The lowest BCUT2D eigenvalue weighted by molar-refractivity contribution is -0.131. The van der Waals surface area contributed by atoms with Crippen molar-refractivity contribution < 1.29 is 9.18 Å². The van der Waals surface area contributed by atoms with Crippen LogP contribution in [0.25, 0.3) is 0 Å². The molecule has 5 heteroatoms. The standard InChI is InChI=1S/C26H34FN3O/c1-20-4-3-13-29(18-20)19-22-9-7-21(8-10-22)16-26(31)30-14-11-24(12-15-30)28-25-6-2-5-23(27)17-25/h2,5-10,17,20,24,28H,3-4,11-16,18-19H2,1H3/t20-/m0/s1. The molecule has 2 aromatic carbocycles. The first-order valence-electron chi connectivity index (χ1n) is 11.7. The van der Waals surface area contributed by atoms with E-state index in [9.17, 15) is 9.18 Å². The highest BCUT2D eigenvalue weighted by atomic mass is 19.1. The molecule has 0 radical (unpaired) electrons. The van der Waals surface area contributed by atoms with Crippen molar-refractivity contribution in [3.63, 3.8) is 0 Å². The van der Waals surface area contributed by atoms with Gasteiger partial charge in [0, 0.05) is 37.9 Å². The van der Waals surface area contributed by atoms with Crippen molar-refractivity contribution >= 4 is 11.6 Å². The lowest BCUT2D eigenvalue weighted by Crippen LogP contribution is -2.43. The number of rotatable bonds is 6. The third-order valence-electron chi connectivity index (χ3n) is 6.57. The number of hydrogen-bond donors (Lipinski definition) is 1. The third-order valence-corrected chi connectivity index (χ3v) is 6.57. The van der Waals surface area contributed by atoms with Crippen molar-refractivity contribution in [3.05, 3.63) is 65.5 Å². The minimum absolute atomic E-state index is 0.196. The van der Waals surface area contributed by atoms with Gasteiger partial charge < -0.3 is 10.2 Å². The Balaban J connectivity index is 1.22. The lowest BCUT2D eigenvalue weighted by Gasteiger charge is -2.33. The van der Waals surface area contributed by atoms with Crippen LogP contribution in [0.4, 0.5) is 10.1 Å². The first-order chi connectivity index (χ1) is 15.0. The van der Waals surface area contributed by atoms with Crippen molar-refractivity contribution in [1.82, 2.24) is 9.80 Å². The molecule has 0 saturated carbocycles. The molecule has 0 spiro atoms. The Morgan fingerprint density at radius 3 is 2.48 bits per heavy atom. The molecule has 166 valence electrons. The van der Waals surface area contributed by atoms with E-state index in [4.69, 9.17) is 0 Å². The smallest absolute Gasteiger partial charge is 0.226 e. The fourth-order valence-corrected chi connectivity index (χ4v) is 4.82. The molecule has 1 atom stereocenters. The number of halogens is 1. The second-order valence-corrected chi connectivity index (χ2v) is 9.29. The number of hydrogen-bond acceptors (Lipinski definition) is 3. The van der Waals surface area contributed by atoms with Gasteiger partial charge in [-0.15, -0.1) is 0 Å². The summed E-state index contributed by atoms with van der Waals surface area (Å²) >= 11 is 0. The topological polar surface area (TPSA) is 35.6 Å². The summed E-state index contributed by atoms with van der Waals surface area (Å²) in [6.07, 6.45) is 4.87. The van der Waals surface area contributed by atoms with E-state index in [0.717, 1.165) is 49.6 Å². The molecule has 2 fully saturated rings. The molecule has 0 aromatic heterocycles. The molecule has 2 saturated heterocycles. The molecule has 31 heavy (non-hydrogen) atoms. The first kappa shape index (κ1) is 21.8. The largest absolute Gasteiger partial charge is 0.382 e. The van der Waals surface area contributed by atoms with Crippen molar-refractivity contribution in [3.8, 4) is 0 Å². The fraction of sp³-hybridized carbons (Fsp3) is 0.500. The summed E-state index contributed by atoms with van der Waals surface area (Å²) in [6, 6.07) is 15.4. The second-order valence-electron chi connectivity index (χ2n) is 9.29. The number of likely N-dealkylation sites (tertiary alicyclic amines) is 2. The molecule has 0 aliphatic carbocycles. The van der Waals surface area contributed by atoms with Gasteiger partial charge in [0.1, 0.15) is 5.82 Å². The molecule has 0 unspecified atom stereocenters. The Hall–Kier alpha value is -2.40. The maximum atomic E-state index is 13.4. The zero-order valence-electron chi connectivity index (χ0n) is 18.5. The Labute approximate surface area is 185 Å². The molecule has 1 N–H and O–H groups in total. The van der Waals surface area contributed by atoms with Gasteiger partial charge in [-0.25, -0.2) is 4.39 Å². The van der Waals surface area contributed by atoms with Gasteiger partial charge in [-0.05, 0) is 67.5 Å². The third kappa shape index (κ3) is 6.30. The molecular formula is C26H34FN3O. The van der Waals surface area contributed by atoms with Crippen LogP contribution in [0.15, 0.2) is 48.5 Å². The Kier molecular flexibility index (Phi) is 7.23. The number of piperidine rings is 2. The Bertz CT molecular complexity index is 861. The zero-order valence-corrected chi connectivity index (χ0v) is 18.5. The molecule has 2 aliphatic heterocycles. The van der Waals surface area contributed by atoms with Gasteiger partial charge >= 0.3 is 0 Å². The highest BCUT2D eigenvalue weighted by Crippen LogP contribution is 2.20. The van der Waals surface area contributed by atoms with Crippen molar-refractivity contribution in [2.45, 2.75) is 51.6 Å². The number of carbonyl (C=O) groups excluding carboxylic acids is 1. The van der Waals surface area contributed by atoms with Crippen LogP contribution < -0.4 is 5.32 Å². The predicted octanol–water partition coefficient (Wildman–Crippen LogP) is 4.70. The number of anilines is 1. The number of nitrogens with zero attached hydrogens (tertiary/aromatic N) is 2. The zero-order chi connectivity index (χ0) is 21.6. The van der Waals surface area contributed by atoms with Crippen LogP contribution in [-0.2, 0) is 17.8 Å². The molecule has 0 bridgehead atoms. The number of benzene rings is 2. The minimum Gasteiger partial charge on any atom is -0.382 e. The van der Waals surface area contributed by atoms with Crippen LogP contribution in [-0.4, -0.2) is 47.9 Å². The molecule has 4 nitrogen and oxygen atoms in total. The van der Waals surface area contributed by atoms with Crippen molar-refractivity contribution in [1.29, 1.82) is 0 Å². The molecular weight excluding hydrogens is 389 g/mol. The highest BCUT2D eigenvalue weighted by molar-refractivity contribution is 5.78. The number of amides is 1. The van der Waals surface area contributed by atoms with Gasteiger partial charge in [-0.1, -0.05) is 37.3 Å². The van der Waals surface area contributed by atoms with E-state index in [0.29, 0.717) is 6.42 Å². The molecule has 2 aliphatic rings. The summed E-state index contributed by atoms with van der Waals surface area (Å²) in [5.74, 6) is 0.759. The van der Waals surface area contributed by atoms with E-state index >= 15 is 0 Å². The van der Waals surface area contributed by atoms with Crippen LogP contribution in [0, 0.1) is 11.7 Å². The Morgan fingerprint density at radius 1 is 1.03 bits per heavy atom. The average Bonchev–Trinajstić information content (AvgIpc) is 2.76. The van der Waals surface area contributed by atoms with Gasteiger partial charge in [0.05, 0.1) is 6.42 Å². The van der Waals surface area contributed by atoms with Crippen molar-refractivity contribution in [2.24, 2.45) is 5.92 Å². The van der Waals surface area contributed by atoms with Crippen LogP contribution in [0.2, 0.25) is 0 Å². The van der Waals surface area contributed by atoms with Crippen LogP contribution in [0.1, 0.15) is 43.7 Å². The minimum atomic E-state index is -0.228. The molecule has 2 aromatic rings. The van der Waals surface area contributed by atoms with Gasteiger partial charge in [0.25, 0.3) is 0 Å². The SMILES string of the molecule is C[C@H]1CCCN(Cc2ccc(CC(=O)N3CCC(Nc4cccc(F)c4)CC3)cc2)C1. The first-order valence-corrected chi connectivity index (χ1v) is 11.7. The van der Waals surface area contributed by atoms with Crippen LogP contribution in [0.3, 0.4) is 0 Å². The van der Waals surface area contributed by atoms with Gasteiger partial charge in [-0.2, -0.15) is 0 Å². The summed E-state index contributed by atoms with van der Waals surface area (Å²) < 4.78 is 13.4. The van der Waals surface area contributed by atoms with Gasteiger partial charge in [-0.3, -0.25) is 9.69 Å².